The lowest BCUT2D eigenvalue weighted by Gasteiger charge is -2.36. The molecule has 2 aliphatic heterocycles. The second-order valence-electron chi connectivity index (χ2n) is 8.13. The number of carbonyl (C=O) groups excluding carboxylic acids is 2. The molecule has 0 bridgehead atoms. The molecule has 5 rings (SSSR count). The molecule has 0 radical (unpaired) electrons. The minimum absolute atomic E-state index is 0.181. The minimum Gasteiger partial charge on any atom is -0.454 e. The molecule has 3 aromatic rings. The highest BCUT2D eigenvalue weighted by Crippen LogP contribution is 2.32. The predicted molar refractivity (Wildman–Crippen MR) is 122 cm³/mol. The van der Waals surface area contributed by atoms with E-state index in [1.807, 2.05) is 17.0 Å². The number of piperazine rings is 1. The highest BCUT2D eigenvalue weighted by atomic mass is 19.2. The van der Waals surface area contributed by atoms with Crippen molar-refractivity contribution in [2.24, 2.45) is 0 Å². The van der Waals surface area contributed by atoms with Crippen molar-refractivity contribution in [3.63, 3.8) is 0 Å². The van der Waals surface area contributed by atoms with Crippen LogP contribution in [0.15, 0.2) is 54.7 Å². The van der Waals surface area contributed by atoms with Crippen LogP contribution in [0.5, 0.6) is 11.5 Å². The summed E-state index contributed by atoms with van der Waals surface area (Å²) in [6, 6.07) is 12.4. The molecule has 2 amide bonds. The fourth-order valence-corrected chi connectivity index (χ4v) is 4.12. The van der Waals surface area contributed by atoms with Crippen LogP contribution in [-0.2, 0) is 6.54 Å². The van der Waals surface area contributed by atoms with Gasteiger partial charge in [0.15, 0.2) is 23.1 Å². The molecule has 8 nitrogen and oxygen atoms in total. The lowest BCUT2D eigenvalue weighted by atomic mass is 10.1. The fraction of sp³-hybridized carbons (Fsp3) is 0.240. The normalized spacial score (nSPS) is 14.7. The van der Waals surface area contributed by atoms with Crippen molar-refractivity contribution in [3.05, 3.63) is 83.1 Å². The highest BCUT2D eigenvalue weighted by Gasteiger charge is 2.27. The zero-order chi connectivity index (χ0) is 24.4. The van der Waals surface area contributed by atoms with E-state index in [0.29, 0.717) is 42.5 Å². The topological polar surface area (TPSA) is 84.0 Å². The van der Waals surface area contributed by atoms with Crippen LogP contribution >= 0.6 is 0 Å². The van der Waals surface area contributed by atoms with E-state index in [9.17, 15) is 18.4 Å². The van der Waals surface area contributed by atoms with Gasteiger partial charge in [-0.3, -0.25) is 9.59 Å². The van der Waals surface area contributed by atoms with Crippen LogP contribution in [0.25, 0.3) is 0 Å². The Hall–Kier alpha value is -4.21. The number of nitrogens with zero attached hydrogens (tertiary/aromatic N) is 3. The number of hydrogen-bond donors (Lipinski definition) is 1. The quantitative estimate of drug-likeness (QED) is 0.605. The second kappa shape index (κ2) is 9.57. The fourth-order valence-electron chi connectivity index (χ4n) is 4.12. The number of ether oxygens (including phenoxy) is 2. The van der Waals surface area contributed by atoms with Gasteiger partial charge in [-0.05, 0) is 42.0 Å². The summed E-state index contributed by atoms with van der Waals surface area (Å²) in [5.74, 6) is -1.24. The Kier molecular flexibility index (Phi) is 6.17. The van der Waals surface area contributed by atoms with E-state index in [-0.39, 0.29) is 31.4 Å². The van der Waals surface area contributed by atoms with Gasteiger partial charge in [0, 0.05) is 38.9 Å². The minimum atomic E-state index is -1.15. The Morgan fingerprint density at radius 1 is 0.943 bits per heavy atom. The molecule has 1 saturated heterocycles. The van der Waals surface area contributed by atoms with Crippen LogP contribution < -0.4 is 19.7 Å². The van der Waals surface area contributed by atoms with E-state index in [1.165, 1.54) is 17.0 Å². The summed E-state index contributed by atoms with van der Waals surface area (Å²) in [5, 5.41) is 2.90. The molecule has 0 atom stereocenters. The van der Waals surface area contributed by atoms with Crippen molar-refractivity contribution >= 4 is 17.6 Å². The first-order chi connectivity index (χ1) is 17.0. The number of fused-ring (bicyclic) bond motifs is 1. The monoisotopic (exact) mass is 480 g/mol. The Bertz CT molecular complexity index is 1280. The first-order valence-electron chi connectivity index (χ1n) is 11.1. The average molecular weight is 480 g/mol. The number of nitrogens with one attached hydrogen (secondary N) is 1. The zero-order valence-corrected chi connectivity index (χ0v) is 18.7. The number of halogens is 2. The number of hydrogen-bond acceptors (Lipinski definition) is 6. The molecule has 2 aliphatic rings. The molecular formula is C25H22F2N4O4. The smallest absolute Gasteiger partial charge is 0.257 e. The number of rotatable bonds is 5. The van der Waals surface area contributed by atoms with Crippen molar-refractivity contribution in [2.45, 2.75) is 6.54 Å². The van der Waals surface area contributed by atoms with E-state index in [1.54, 1.807) is 24.4 Å². The Morgan fingerprint density at radius 2 is 1.71 bits per heavy atom. The lowest BCUT2D eigenvalue weighted by molar-refractivity contribution is 0.0739. The van der Waals surface area contributed by atoms with Gasteiger partial charge >= 0.3 is 0 Å². The van der Waals surface area contributed by atoms with Crippen LogP contribution in [0, 0.1) is 11.6 Å². The van der Waals surface area contributed by atoms with Crippen LogP contribution in [-0.4, -0.2) is 54.7 Å². The van der Waals surface area contributed by atoms with Gasteiger partial charge in [-0.25, -0.2) is 13.8 Å². The second-order valence-corrected chi connectivity index (χ2v) is 8.13. The number of anilines is 1. The van der Waals surface area contributed by atoms with Gasteiger partial charge in [-0.2, -0.15) is 0 Å². The van der Waals surface area contributed by atoms with Crippen LogP contribution in [0.1, 0.15) is 26.3 Å². The summed E-state index contributed by atoms with van der Waals surface area (Å²) < 4.78 is 38.3. The number of pyridine rings is 1. The largest absolute Gasteiger partial charge is 0.454 e. The molecule has 1 N–H and O–H groups in total. The van der Waals surface area contributed by atoms with Gasteiger partial charge in [0.2, 0.25) is 6.79 Å². The molecule has 0 unspecified atom stereocenters. The van der Waals surface area contributed by atoms with Crippen molar-refractivity contribution in [1.82, 2.24) is 15.2 Å². The molecule has 0 aliphatic carbocycles. The van der Waals surface area contributed by atoms with Gasteiger partial charge in [0.1, 0.15) is 5.82 Å². The summed E-state index contributed by atoms with van der Waals surface area (Å²) in [7, 11) is 0. The summed E-state index contributed by atoms with van der Waals surface area (Å²) in [6.07, 6.45) is 1.60. The first-order valence-corrected chi connectivity index (χ1v) is 11.1. The molecule has 1 fully saturated rings. The van der Waals surface area contributed by atoms with Gasteiger partial charge in [-0.15, -0.1) is 0 Å². The SMILES string of the molecule is O=C(NCc1ccc2c(c1)OCO2)c1cccnc1N1CCN(C(=O)c2cccc(F)c2F)CC1. The maximum absolute atomic E-state index is 14.1. The summed E-state index contributed by atoms with van der Waals surface area (Å²) >= 11 is 0. The molecule has 10 heteroatoms. The lowest BCUT2D eigenvalue weighted by Crippen LogP contribution is -2.49. The predicted octanol–water partition coefficient (Wildman–Crippen LogP) is 2.98. The van der Waals surface area contributed by atoms with E-state index in [2.05, 4.69) is 10.3 Å². The summed E-state index contributed by atoms with van der Waals surface area (Å²) in [6.45, 7) is 1.82. The number of benzene rings is 2. The molecule has 1 aromatic heterocycles. The molecular weight excluding hydrogens is 458 g/mol. The van der Waals surface area contributed by atoms with Gasteiger partial charge < -0.3 is 24.6 Å². The average Bonchev–Trinajstić information content (AvgIpc) is 3.37. The summed E-state index contributed by atoms with van der Waals surface area (Å²) in [4.78, 5) is 33.4. The van der Waals surface area contributed by atoms with Crippen molar-refractivity contribution in [3.8, 4) is 11.5 Å². The van der Waals surface area contributed by atoms with Gasteiger partial charge in [-0.1, -0.05) is 12.1 Å². The highest BCUT2D eigenvalue weighted by molar-refractivity contribution is 5.99. The van der Waals surface area contributed by atoms with Gasteiger partial charge in [0.25, 0.3) is 11.8 Å². The third-order valence-electron chi connectivity index (χ3n) is 5.97. The molecule has 0 saturated carbocycles. The third-order valence-corrected chi connectivity index (χ3v) is 5.97. The third kappa shape index (κ3) is 4.59. The Balaban J connectivity index is 1.23. The maximum atomic E-state index is 14.1. The van der Waals surface area contributed by atoms with E-state index in [0.717, 1.165) is 11.6 Å². The molecule has 35 heavy (non-hydrogen) atoms. The van der Waals surface area contributed by atoms with Crippen LogP contribution in [0.2, 0.25) is 0 Å². The van der Waals surface area contributed by atoms with E-state index >= 15 is 0 Å². The Labute approximate surface area is 200 Å². The number of amides is 2. The standard InChI is InChI=1S/C25H22F2N4O4/c26-19-5-1-3-17(22(19)27)25(33)31-11-9-30(10-12-31)23-18(4-2-8-28-23)24(32)29-14-16-6-7-20-21(13-16)35-15-34-20/h1-8,13H,9-12,14-15H2,(H,29,32). The summed E-state index contributed by atoms with van der Waals surface area (Å²) in [5.41, 5.74) is 0.980. The molecule has 2 aromatic carbocycles. The zero-order valence-electron chi connectivity index (χ0n) is 18.7. The molecule has 0 spiro atoms. The van der Waals surface area contributed by atoms with Crippen molar-refractivity contribution < 1.29 is 27.8 Å². The first kappa shape index (κ1) is 22.6. The molecule has 3 heterocycles. The van der Waals surface area contributed by atoms with E-state index < -0.39 is 17.5 Å². The molecule has 180 valence electrons. The number of carbonyl (C=O) groups is 2. The van der Waals surface area contributed by atoms with Crippen molar-refractivity contribution in [1.29, 1.82) is 0 Å². The van der Waals surface area contributed by atoms with Crippen LogP contribution in [0.4, 0.5) is 14.6 Å². The van der Waals surface area contributed by atoms with Crippen molar-refractivity contribution in [2.75, 3.05) is 37.9 Å². The number of aromatic nitrogens is 1. The maximum Gasteiger partial charge on any atom is 0.257 e. The van der Waals surface area contributed by atoms with Gasteiger partial charge in [0.05, 0.1) is 11.1 Å². The van der Waals surface area contributed by atoms with Crippen LogP contribution in [0.3, 0.4) is 0 Å². The van der Waals surface area contributed by atoms with E-state index in [4.69, 9.17) is 9.47 Å². The Morgan fingerprint density at radius 3 is 2.54 bits per heavy atom.